The highest BCUT2D eigenvalue weighted by Gasteiger charge is 2.42. The van der Waals surface area contributed by atoms with Gasteiger partial charge in [-0.05, 0) is 5.56 Å². The lowest BCUT2D eigenvalue weighted by molar-refractivity contribution is -0.0481. The molecule has 0 bridgehead atoms. The molecule has 1 N–H and O–H groups in total. The Balaban J connectivity index is 2.32. The van der Waals surface area contributed by atoms with Crippen molar-refractivity contribution in [2.45, 2.75) is 31.2 Å². The van der Waals surface area contributed by atoms with E-state index < -0.39 is 30.4 Å². The number of aromatic nitrogens is 1. The molecule has 1 fully saturated rings. The lowest BCUT2D eigenvalue weighted by Gasteiger charge is -2.32. The molecule has 2 heterocycles. The highest BCUT2D eigenvalue weighted by molar-refractivity contribution is 5.20. The third-order valence-electron chi connectivity index (χ3n) is 3.24. The molecule has 0 aromatic carbocycles. The molecule has 0 spiro atoms. The number of hydrogen-bond acceptors (Lipinski definition) is 2. The normalized spacial score (nSPS) is 22.7. The number of piperidine rings is 1. The zero-order chi connectivity index (χ0) is 14.0. The van der Waals surface area contributed by atoms with Gasteiger partial charge in [-0.15, -0.1) is 0 Å². The first-order chi connectivity index (χ1) is 8.90. The van der Waals surface area contributed by atoms with Crippen LogP contribution >= 0.6 is 0 Å². The monoisotopic (exact) mass is 278 g/mol. The van der Waals surface area contributed by atoms with Crippen LogP contribution in [-0.4, -0.2) is 30.0 Å². The van der Waals surface area contributed by atoms with Gasteiger partial charge in [0.1, 0.15) is 0 Å². The topological polar surface area (TPSA) is 34.0 Å². The van der Waals surface area contributed by atoms with Gasteiger partial charge in [0.2, 0.25) is 0 Å². The fourth-order valence-electron chi connectivity index (χ4n) is 2.23. The van der Waals surface area contributed by atoms with Crippen LogP contribution in [0.15, 0.2) is 23.1 Å². The van der Waals surface area contributed by atoms with Crippen molar-refractivity contribution in [2.75, 3.05) is 13.1 Å². The fourth-order valence-corrected chi connectivity index (χ4v) is 2.23. The summed E-state index contributed by atoms with van der Waals surface area (Å²) in [5.41, 5.74) is -0.409. The van der Waals surface area contributed by atoms with Crippen LogP contribution in [0.2, 0.25) is 0 Å². The van der Waals surface area contributed by atoms with Gasteiger partial charge in [0.05, 0.1) is 12.5 Å². The average Bonchev–Trinajstić information content (AvgIpc) is 2.31. The molecule has 19 heavy (non-hydrogen) atoms. The molecule has 106 valence electrons. The van der Waals surface area contributed by atoms with E-state index in [9.17, 15) is 22.4 Å². The maximum absolute atomic E-state index is 13.8. The van der Waals surface area contributed by atoms with Crippen LogP contribution in [0, 0.1) is 0 Å². The molecule has 1 aliphatic rings. The van der Waals surface area contributed by atoms with E-state index in [-0.39, 0.29) is 25.1 Å². The Labute approximate surface area is 107 Å². The van der Waals surface area contributed by atoms with Crippen LogP contribution in [0.1, 0.15) is 17.9 Å². The number of nitrogens with one attached hydrogen (secondary N) is 1. The molecule has 1 aromatic heterocycles. The van der Waals surface area contributed by atoms with Gasteiger partial charge in [0, 0.05) is 31.8 Å². The van der Waals surface area contributed by atoms with Crippen molar-refractivity contribution in [3.63, 3.8) is 0 Å². The molecule has 1 atom stereocenters. The third-order valence-corrected chi connectivity index (χ3v) is 3.24. The number of alkyl halides is 4. The van der Waals surface area contributed by atoms with E-state index in [1.54, 1.807) is 0 Å². The van der Waals surface area contributed by atoms with Crippen LogP contribution in [0.25, 0.3) is 0 Å². The van der Waals surface area contributed by atoms with Gasteiger partial charge in [0.15, 0.2) is 0 Å². The highest BCUT2D eigenvalue weighted by Crippen LogP contribution is 2.37. The summed E-state index contributed by atoms with van der Waals surface area (Å²) in [5, 5.41) is 2.85. The lowest BCUT2D eigenvalue weighted by Crippen LogP contribution is -2.43. The highest BCUT2D eigenvalue weighted by atomic mass is 19.3. The van der Waals surface area contributed by atoms with Crippen molar-refractivity contribution in [1.82, 2.24) is 9.88 Å². The predicted octanol–water partition coefficient (Wildman–Crippen LogP) is 1.83. The molecule has 1 aromatic rings. The number of hydrogen-bond donors (Lipinski definition) is 1. The first-order valence-electron chi connectivity index (χ1n) is 5.97. The molecular formula is C12H14F4N2O. The molecule has 2 rings (SSSR count). The van der Waals surface area contributed by atoms with Gasteiger partial charge in [0.25, 0.3) is 17.9 Å². The Morgan fingerprint density at radius 1 is 1.42 bits per heavy atom. The van der Waals surface area contributed by atoms with Crippen LogP contribution in [-0.2, 0) is 6.54 Å². The van der Waals surface area contributed by atoms with E-state index in [1.807, 2.05) is 0 Å². The first-order valence-corrected chi connectivity index (χ1v) is 5.97. The molecule has 1 saturated heterocycles. The summed E-state index contributed by atoms with van der Waals surface area (Å²) in [6.45, 7) is -0.488. The molecule has 0 amide bonds. The van der Waals surface area contributed by atoms with Crippen LogP contribution in [0.4, 0.5) is 17.6 Å². The Morgan fingerprint density at radius 3 is 2.79 bits per heavy atom. The van der Waals surface area contributed by atoms with Crippen molar-refractivity contribution in [2.24, 2.45) is 0 Å². The maximum atomic E-state index is 13.8. The van der Waals surface area contributed by atoms with Crippen molar-refractivity contribution < 1.29 is 17.6 Å². The summed E-state index contributed by atoms with van der Waals surface area (Å²) in [5.74, 6) is -3.98. The average molecular weight is 278 g/mol. The Bertz CT molecular complexity index is 501. The molecule has 7 heteroatoms. The summed E-state index contributed by atoms with van der Waals surface area (Å²) >= 11 is 0. The van der Waals surface area contributed by atoms with Gasteiger partial charge >= 0.3 is 0 Å². The zero-order valence-corrected chi connectivity index (χ0v) is 10.1. The summed E-state index contributed by atoms with van der Waals surface area (Å²) in [4.78, 5) is 11.4. The van der Waals surface area contributed by atoms with E-state index in [0.29, 0.717) is 0 Å². The van der Waals surface area contributed by atoms with E-state index >= 15 is 0 Å². The minimum absolute atomic E-state index is 0.0693. The second-order valence-electron chi connectivity index (χ2n) is 4.61. The van der Waals surface area contributed by atoms with Crippen LogP contribution < -0.4 is 10.9 Å². The lowest BCUT2D eigenvalue weighted by atomic mass is 9.89. The number of rotatable bonds is 3. The maximum Gasteiger partial charge on any atom is 0.257 e. The minimum Gasteiger partial charge on any atom is -0.316 e. The van der Waals surface area contributed by atoms with Gasteiger partial charge in [-0.2, -0.15) is 0 Å². The van der Waals surface area contributed by atoms with Gasteiger partial charge in [-0.1, -0.05) is 6.07 Å². The minimum atomic E-state index is -2.89. The van der Waals surface area contributed by atoms with E-state index in [1.165, 1.54) is 6.07 Å². The SMILES string of the molecule is O=c1ccc(C2CNCCC2(F)F)cn1CC(F)F. The van der Waals surface area contributed by atoms with Crippen LogP contribution in [0.3, 0.4) is 0 Å². The van der Waals surface area contributed by atoms with Crippen molar-refractivity contribution in [3.05, 3.63) is 34.2 Å². The zero-order valence-electron chi connectivity index (χ0n) is 10.1. The van der Waals surface area contributed by atoms with Crippen LogP contribution in [0.5, 0.6) is 0 Å². The van der Waals surface area contributed by atoms with Gasteiger partial charge in [-0.3, -0.25) is 4.79 Å². The summed E-state index contributed by atoms with van der Waals surface area (Å²) in [7, 11) is 0. The quantitative estimate of drug-likeness (QED) is 0.856. The number of halogens is 4. The second kappa shape index (κ2) is 5.32. The summed E-state index contributed by atoms with van der Waals surface area (Å²) < 4.78 is 52.9. The summed E-state index contributed by atoms with van der Waals surface area (Å²) in [6.07, 6.45) is -1.89. The number of nitrogens with zero attached hydrogens (tertiary/aromatic N) is 1. The standard InChI is InChI=1S/C12H14F4N2O/c13-10(14)7-18-6-8(1-2-11(18)19)9-5-17-4-3-12(9,15)16/h1-2,6,9-10,17H,3-5,7H2. The molecule has 1 aliphatic heterocycles. The van der Waals surface area contributed by atoms with Crippen molar-refractivity contribution >= 4 is 0 Å². The van der Waals surface area contributed by atoms with Gasteiger partial charge in [-0.25, -0.2) is 17.6 Å². The molecule has 0 saturated carbocycles. The Kier molecular flexibility index (Phi) is 3.93. The molecular weight excluding hydrogens is 264 g/mol. The number of pyridine rings is 1. The third kappa shape index (κ3) is 3.15. The summed E-state index contributed by atoms with van der Waals surface area (Å²) in [6, 6.07) is 2.35. The first kappa shape index (κ1) is 14.0. The Hall–Kier alpha value is -1.37. The second-order valence-corrected chi connectivity index (χ2v) is 4.61. The largest absolute Gasteiger partial charge is 0.316 e. The predicted molar refractivity (Wildman–Crippen MR) is 61.9 cm³/mol. The van der Waals surface area contributed by atoms with E-state index in [4.69, 9.17) is 0 Å². The molecule has 3 nitrogen and oxygen atoms in total. The Morgan fingerprint density at radius 2 is 2.16 bits per heavy atom. The fraction of sp³-hybridized carbons (Fsp3) is 0.583. The van der Waals surface area contributed by atoms with Crippen molar-refractivity contribution in [1.29, 1.82) is 0 Å². The molecule has 0 radical (unpaired) electrons. The van der Waals surface area contributed by atoms with E-state index in [2.05, 4.69) is 5.32 Å². The molecule has 0 aliphatic carbocycles. The smallest absolute Gasteiger partial charge is 0.257 e. The van der Waals surface area contributed by atoms with Crippen molar-refractivity contribution in [3.8, 4) is 0 Å². The van der Waals surface area contributed by atoms with Gasteiger partial charge < -0.3 is 9.88 Å². The van der Waals surface area contributed by atoms with E-state index in [0.717, 1.165) is 16.8 Å². The molecule has 1 unspecified atom stereocenters.